The van der Waals surface area contributed by atoms with Gasteiger partial charge in [-0.05, 0) is 36.4 Å². The number of hydrogen-bond donors (Lipinski definition) is 2. The molecular weight excluding hydrogens is 400 g/mol. The highest BCUT2D eigenvalue weighted by Crippen LogP contribution is 2.29. The summed E-state index contributed by atoms with van der Waals surface area (Å²) in [5.74, 6) is 1.02. The van der Waals surface area contributed by atoms with Crippen molar-refractivity contribution in [2.45, 2.75) is 4.90 Å². The van der Waals surface area contributed by atoms with Gasteiger partial charge in [0.2, 0.25) is 10.0 Å². The zero-order valence-electron chi connectivity index (χ0n) is 16.4. The highest BCUT2D eigenvalue weighted by molar-refractivity contribution is 7.89. The zero-order chi connectivity index (χ0) is 21.3. The van der Waals surface area contributed by atoms with E-state index in [1.165, 1.54) is 45.6 Å². The van der Waals surface area contributed by atoms with Crippen LogP contribution in [-0.2, 0) is 19.6 Å². The predicted octanol–water partition coefficient (Wildman–Crippen LogP) is 1.65. The molecule has 0 aliphatic carbocycles. The molecule has 0 aliphatic heterocycles. The second-order valence-corrected chi connectivity index (χ2v) is 7.54. The number of sulfonamides is 1. The Morgan fingerprint density at radius 1 is 0.966 bits per heavy atom. The van der Waals surface area contributed by atoms with E-state index < -0.39 is 10.0 Å². The molecule has 2 aromatic rings. The average Bonchev–Trinajstić information content (AvgIpc) is 2.72. The van der Waals surface area contributed by atoms with E-state index in [1.54, 1.807) is 18.2 Å². The van der Waals surface area contributed by atoms with Crippen molar-refractivity contribution in [1.82, 2.24) is 4.72 Å². The number of rotatable bonds is 11. The molecule has 0 saturated carbocycles. The van der Waals surface area contributed by atoms with Crippen LogP contribution in [0.4, 0.5) is 5.69 Å². The van der Waals surface area contributed by atoms with E-state index in [9.17, 15) is 13.2 Å². The van der Waals surface area contributed by atoms with Crippen LogP contribution in [0.5, 0.6) is 17.2 Å². The third-order valence-electron chi connectivity index (χ3n) is 3.77. The van der Waals surface area contributed by atoms with E-state index in [0.29, 0.717) is 22.9 Å². The summed E-state index contributed by atoms with van der Waals surface area (Å²) in [5, 5.41) is 2.69. The number of benzene rings is 2. The maximum Gasteiger partial charge on any atom is 0.262 e. The van der Waals surface area contributed by atoms with Crippen molar-refractivity contribution in [2.75, 3.05) is 46.4 Å². The molecule has 1 amide bonds. The van der Waals surface area contributed by atoms with Crippen LogP contribution in [0.1, 0.15) is 0 Å². The van der Waals surface area contributed by atoms with Gasteiger partial charge in [0.05, 0.1) is 25.7 Å². The van der Waals surface area contributed by atoms with Crippen LogP contribution in [-0.4, -0.2) is 55.4 Å². The first-order valence-corrected chi connectivity index (χ1v) is 10.1. The summed E-state index contributed by atoms with van der Waals surface area (Å²) in [6.45, 7) is 0.204. The second-order valence-electron chi connectivity index (χ2n) is 5.77. The Morgan fingerprint density at radius 3 is 2.28 bits per heavy atom. The van der Waals surface area contributed by atoms with Gasteiger partial charge in [0, 0.05) is 25.4 Å². The molecule has 10 heteroatoms. The van der Waals surface area contributed by atoms with Gasteiger partial charge in [-0.15, -0.1) is 0 Å². The van der Waals surface area contributed by atoms with Crippen LogP contribution in [0.15, 0.2) is 47.4 Å². The van der Waals surface area contributed by atoms with Crippen LogP contribution in [0, 0.1) is 0 Å². The number of amides is 1. The summed E-state index contributed by atoms with van der Waals surface area (Å²) >= 11 is 0. The molecule has 0 spiro atoms. The number of methoxy groups -OCH3 is 3. The molecule has 0 bridgehead atoms. The normalized spacial score (nSPS) is 11.0. The van der Waals surface area contributed by atoms with Gasteiger partial charge in [-0.2, -0.15) is 0 Å². The fourth-order valence-electron chi connectivity index (χ4n) is 2.34. The molecule has 0 heterocycles. The standard InChI is InChI=1S/C19H24N2O7S/c1-25-11-10-20-29(23,24)16-7-5-15(6-8-16)28-13-19(22)21-14-4-9-17(26-2)18(12-14)27-3/h4-9,12,20H,10-11,13H2,1-3H3,(H,21,22). The van der Waals surface area contributed by atoms with Gasteiger partial charge in [-0.1, -0.05) is 0 Å². The Morgan fingerprint density at radius 2 is 1.66 bits per heavy atom. The number of carbonyl (C=O) groups excluding carboxylic acids is 1. The Hall–Kier alpha value is -2.82. The lowest BCUT2D eigenvalue weighted by Gasteiger charge is -2.11. The van der Waals surface area contributed by atoms with Crippen LogP contribution in [0.2, 0.25) is 0 Å². The molecule has 0 aliphatic rings. The van der Waals surface area contributed by atoms with Gasteiger partial charge in [0.15, 0.2) is 18.1 Å². The molecule has 0 atom stereocenters. The molecule has 2 rings (SSSR count). The monoisotopic (exact) mass is 424 g/mol. The largest absolute Gasteiger partial charge is 0.493 e. The van der Waals surface area contributed by atoms with E-state index >= 15 is 0 Å². The van der Waals surface area contributed by atoms with E-state index in [4.69, 9.17) is 18.9 Å². The summed E-state index contributed by atoms with van der Waals surface area (Å²) in [6, 6.07) is 10.7. The Balaban J connectivity index is 1.90. The Kier molecular flexibility index (Phi) is 8.25. The van der Waals surface area contributed by atoms with Crippen LogP contribution in [0.25, 0.3) is 0 Å². The summed E-state index contributed by atoms with van der Waals surface area (Å²) in [7, 11) is 0.895. The molecule has 0 unspecified atom stereocenters. The zero-order valence-corrected chi connectivity index (χ0v) is 17.2. The van der Waals surface area contributed by atoms with E-state index in [0.717, 1.165) is 0 Å². The van der Waals surface area contributed by atoms with E-state index in [2.05, 4.69) is 10.0 Å². The maximum absolute atomic E-state index is 12.1. The van der Waals surface area contributed by atoms with Gasteiger partial charge >= 0.3 is 0 Å². The molecule has 158 valence electrons. The molecule has 29 heavy (non-hydrogen) atoms. The Labute approximate surface area is 170 Å². The minimum absolute atomic E-state index is 0.0933. The van der Waals surface area contributed by atoms with Gasteiger partial charge in [0.1, 0.15) is 5.75 Å². The molecule has 0 saturated heterocycles. The van der Waals surface area contributed by atoms with Gasteiger partial charge in [0.25, 0.3) is 5.91 Å². The Bertz CT molecular complexity index is 915. The minimum Gasteiger partial charge on any atom is -0.493 e. The van der Waals surface area contributed by atoms with Gasteiger partial charge < -0.3 is 24.3 Å². The molecule has 0 fully saturated rings. The number of carbonyl (C=O) groups is 1. The van der Waals surface area contributed by atoms with Crippen molar-refractivity contribution in [1.29, 1.82) is 0 Å². The van der Waals surface area contributed by atoms with Gasteiger partial charge in [-0.3, -0.25) is 4.79 Å². The first kappa shape index (κ1) is 22.5. The number of anilines is 1. The topological polar surface area (TPSA) is 112 Å². The molecule has 2 N–H and O–H groups in total. The highest BCUT2D eigenvalue weighted by Gasteiger charge is 2.13. The average molecular weight is 424 g/mol. The summed E-state index contributed by atoms with van der Waals surface area (Å²) in [4.78, 5) is 12.2. The van der Waals surface area contributed by atoms with Crippen molar-refractivity contribution < 1.29 is 32.2 Å². The lowest BCUT2D eigenvalue weighted by atomic mass is 10.2. The molecular formula is C19H24N2O7S. The van der Waals surface area contributed by atoms with Crippen molar-refractivity contribution in [3.63, 3.8) is 0 Å². The quantitative estimate of drug-likeness (QED) is 0.528. The number of nitrogens with one attached hydrogen (secondary N) is 2. The number of hydrogen-bond acceptors (Lipinski definition) is 7. The van der Waals surface area contributed by atoms with Crippen molar-refractivity contribution >= 4 is 21.6 Å². The van der Waals surface area contributed by atoms with Crippen molar-refractivity contribution in [3.05, 3.63) is 42.5 Å². The molecule has 0 radical (unpaired) electrons. The molecule has 2 aromatic carbocycles. The molecule has 9 nitrogen and oxygen atoms in total. The smallest absolute Gasteiger partial charge is 0.262 e. The van der Waals surface area contributed by atoms with Crippen LogP contribution < -0.4 is 24.2 Å². The molecule has 0 aromatic heterocycles. The lowest BCUT2D eigenvalue weighted by molar-refractivity contribution is -0.118. The first-order valence-electron chi connectivity index (χ1n) is 8.63. The predicted molar refractivity (Wildman–Crippen MR) is 107 cm³/mol. The van der Waals surface area contributed by atoms with Crippen LogP contribution >= 0.6 is 0 Å². The summed E-state index contributed by atoms with van der Waals surface area (Å²) in [6.07, 6.45) is 0. The van der Waals surface area contributed by atoms with Crippen LogP contribution in [0.3, 0.4) is 0 Å². The van der Waals surface area contributed by atoms with Gasteiger partial charge in [-0.25, -0.2) is 13.1 Å². The maximum atomic E-state index is 12.1. The minimum atomic E-state index is -3.62. The summed E-state index contributed by atoms with van der Waals surface area (Å²) in [5.41, 5.74) is 0.528. The lowest BCUT2D eigenvalue weighted by Crippen LogP contribution is -2.27. The fourth-order valence-corrected chi connectivity index (χ4v) is 3.35. The van der Waals surface area contributed by atoms with Crippen molar-refractivity contribution in [2.24, 2.45) is 0 Å². The van der Waals surface area contributed by atoms with Crippen molar-refractivity contribution in [3.8, 4) is 17.2 Å². The summed E-state index contributed by atoms with van der Waals surface area (Å²) < 4.78 is 47.2. The van der Waals surface area contributed by atoms with E-state index in [-0.39, 0.29) is 30.6 Å². The highest BCUT2D eigenvalue weighted by atomic mass is 32.2. The SMILES string of the molecule is COCCNS(=O)(=O)c1ccc(OCC(=O)Nc2ccc(OC)c(OC)c2)cc1. The second kappa shape index (κ2) is 10.6. The first-order chi connectivity index (χ1) is 13.9. The fraction of sp³-hybridized carbons (Fsp3) is 0.316. The third-order valence-corrected chi connectivity index (χ3v) is 5.25. The third kappa shape index (κ3) is 6.63. The van der Waals surface area contributed by atoms with E-state index in [1.807, 2.05) is 0 Å². The number of ether oxygens (including phenoxy) is 4.